The van der Waals surface area contributed by atoms with E-state index in [1.54, 1.807) is 42.6 Å². The fourth-order valence-electron chi connectivity index (χ4n) is 4.90. The van der Waals surface area contributed by atoms with Crippen LogP contribution in [0.2, 0.25) is 5.02 Å². The van der Waals surface area contributed by atoms with E-state index in [1.807, 2.05) is 6.07 Å². The van der Waals surface area contributed by atoms with Gasteiger partial charge in [0.2, 0.25) is 10.0 Å². The number of carbonyl (C=O) groups excluding carboxylic acids is 2. The van der Waals surface area contributed by atoms with Gasteiger partial charge in [-0.15, -0.1) is 0 Å². The van der Waals surface area contributed by atoms with Gasteiger partial charge in [-0.3, -0.25) is 13.9 Å². The van der Waals surface area contributed by atoms with Crippen LogP contribution in [0.15, 0.2) is 48.7 Å². The molecule has 1 aromatic heterocycles. The van der Waals surface area contributed by atoms with Crippen LogP contribution in [0.5, 0.6) is 0 Å². The fraction of sp³-hybridized carbons (Fsp3) is 0.360. The number of anilines is 1. The van der Waals surface area contributed by atoms with E-state index in [4.69, 9.17) is 11.6 Å². The Morgan fingerprint density at radius 1 is 0.914 bits per heavy atom. The zero-order valence-corrected chi connectivity index (χ0v) is 20.7. The van der Waals surface area contributed by atoms with E-state index in [1.165, 1.54) is 4.31 Å². The molecule has 5 rings (SSSR count). The number of H-pyrrole nitrogens is 1. The maximum Gasteiger partial charge on any atom is 0.251 e. The summed E-state index contributed by atoms with van der Waals surface area (Å²) in [5.74, 6) is -0.293. The topological polar surface area (TPSA) is 111 Å². The lowest BCUT2D eigenvalue weighted by atomic mass is 10.1. The highest BCUT2D eigenvalue weighted by atomic mass is 35.5. The minimum Gasteiger partial charge on any atom is -0.360 e. The Morgan fingerprint density at radius 2 is 1.57 bits per heavy atom. The molecule has 2 aromatic carbocycles. The number of aromatic nitrogens is 1. The number of halogens is 1. The molecule has 3 N–H and O–H groups in total. The fourth-order valence-corrected chi connectivity index (χ4v) is 6.76. The first-order valence-corrected chi connectivity index (χ1v) is 13.8. The summed E-state index contributed by atoms with van der Waals surface area (Å²) >= 11 is 6.12. The van der Waals surface area contributed by atoms with Gasteiger partial charge in [0.25, 0.3) is 11.8 Å². The third-order valence-corrected chi connectivity index (χ3v) is 8.99. The first kappa shape index (κ1) is 23.7. The molecule has 2 aliphatic rings. The molecule has 1 saturated heterocycles. The molecule has 35 heavy (non-hydrogen) atoms. The minimum absolute atomic E-state index is 0.149. The Kier molecular flexibility index (Phi) is 6.46. The molecular weight excluding hydrogens is 488 g/mol. The van der Waals surface area contributed by atoms with Crippen LogP contribution in [0.4, 0.5) is 5.69 Å². The van der Waals surface area contributed by atoms with E-state index in [9.17, 15) is 18.0 Å². The Morgan fingerprint density at radius 3 is 2.26 bits per heavy atom. The molecule has 2 atom stereocenters. The van der Waals surface area contributed by atoms with E-state index < -0.39 is 10.0 Å². The SMILES string of the molecule is O=C(N[C@H]1CCC[C@H]1NC(=O)c1ccc2c(Cl)c[nH]c2c1)c1ccc(N2CCCCS2(=O)=O)cc1. The van der Waals surface area contributed by atoms with Crippen molar-refractivity contribution in [2.45, 2.75) is 44.2 Å². The van der Waals surface area contributed by atoms with Gasteiger partial charge in [-0.25, -0.2) is 8.42 Å². The molecule has 0 bridgehead atoms. The van der Waals surface area contributed by atoms with E-state index >= 15 is 0 Å². The summed E-state index contributed by atoms with van der Waals surface area (Å²) in [7, 11) is -3.30. The molecule has 0 radical (unpaired) electrons. The minimum atomic E-state index is -3.30. The summed E-state index contributed by atoms with van der Waals surface area (Å²) in [6, 6.07) is 11.6. The van der Waals surface area contributed by atoms with Crippen molar-refractivity contribution in [1.29, 1.82) is 0 Å². The third-order valence-electron chi connectivity index (χ3n) is 6.81. The van der Waals surface area contributed by atoms with Gasteiger partial charge < -0.3 is 15.6 Å². The number of benzene rings is 2. The van der Waals surface area contributed by atoms with Gasteiger partial charge in [-0.05, 0) is 68.5 Å². The number of carbonyl (C=O) groups is 2. The second-order valence-electron chi connectivity index (χ2n) is 9.13. The Hall–Kier alpha value is -3.04. The van der Waals surface area contributed by atoms with Gasteiger partial charge in [0.1, 0.15) is 0 Å². The van der Waals surface area contributed by atoms with Gasteiger partial charge in [0, 0.05) is 46.9 Å². The van der Waals surface area contributed by atoms with Crippen molar-refractivity contribution in [3.8, 4) is 0 Å². The van der Waals surface area contributed by atoms with Crippen LogP contribution in [0.25, 0.3) is 10.9 Å². The zero-order chi connectivity index (χ0) is 24.6. The predicted molar refractivity (Wildman–Crippen MR) is 136 cm³/mol. The van der Waals surface area contributed by atoms with Gasteiger partial charge in [0.15, 0.2) is 0 Å². The lowest BCUT2D eigenvalue weighted by molar-refractivity contribution is 0.0892. The number of rotatable bonds is 5. The van der Waals surface area contributed by atoms with E-state index in [2.05, 4.69) is 15.6 Å². The van der Waals surface area contributed by atoms with Crippen LogP contribution in [0, 0.1) is 0 Å². The van der Waals surface area contributed by atoms with Gasteiger partial charge in [0.05, 0.1) is 16.5 Å². The molecule has 1 aliphatic heterocycles. The van der Waals surface area contributed by atoms with E-state index in [0.717, 1.165) is 36.6 Å². The highest BCUT2D eigenvalue weighted by Crippen LogP contribution is 2.26. The van der Waals surface area contributed by atoms with Gasteiger partial charge in [-0.1, -0.05) is 17.7 Å². The maximum absolute atomic E-state index is 12.9. The van der Waals surface area contributed by atoms with E-state index in [0.29, 0.717) is 34.8 Å². The monoisotopic (exact) mass is 514 g/mol. The molecule has 8 nitrogen and oxygen atoms in total. The molecule has 10 heteroatoms. The second kappa shape index (κ2) is 9.54. The first-order chi connectivity index (χ1) is 16.8. The summed E-state index contributed by atoms with van der Waals surface area (Å²) in [4.78, 5) is 28.8. The second-order valence-corrected chi connectivity index (χ2v) is 11.5. The van der Waals surface area contributed by atoms with Crippen molar-refractivity contribution >= 4 is 50.0 Å². The molecule has 1 aliphatic carbocycles. The van der Waals surface area contributed by atoms with Crippen molar-refractivity contribution in [3.05, 3.63) is 64.8 Å². The summed E-state index contributed by atoms with van der Waals surface area (Å²) < 4.78 is 26.1. The number of hydrogen-bond acceptors (Lipinski definition) is 4. The predicted octanol–water partition coefficient (Wildman–Crippen LogP) is 3.83. The van der Waals surface area contributed by atoms with Crippen LogP contribution in [0.1, 0.15) is 52.8 Å². The van der Waals surface area contributed by atoms with Crippen molar-refractivity contribution in [2.75, 3.05) is 16.6 Å². The largest absolute Gasteiger partial charge is 0.360 e. The Labute approximate surface area is 209 Å². The number of aromatic amines is 1. The maximum atomic E-state index is 12.9. The van der Waals surface area contributed by atoms with Crippen molar-refractivity contribution in [3.63, 3.8) is 0 Å². The van der Waals surface area contributed by atoms with Crippen molar-refractivity contribution in [2.24, 2.45) is 0 Å². The summed E-state index contributed by atoms with van der Waals surface area (Å²) in [6.07, 6.45) is 5.63. The Balaban J connectivity index is 1.23. The highest BCUT2D eigenvalue weighted by Gasteiger charge is 2.31. The standard InChI is InChI=1S/C25H27ClN4O4S/c26-20-15-27-23-14-17(8-11-19(20)23)25(32)29-22-5-3-4-21(22)28-24(31)16-6-9-18(10-7-16)30-12-1-2-13-35(30,33)34/h6-11,14-15,21-22,27H,1-5,12-13H2,(H,28,31)(H,29,32)/t21-,22+/m0/s1. The molecule has 2 heterocycles. The summed E-state index contributed by atoms with van der Waals surface area (Å²) in [5.41, 5.74) is 2.35. The van der Waals surface area contributed by atoms with Crippen LogP contribution in [0.3, 0.4) is 0 Å². The Bertz CT molecular complexity index is 1370. The number of fused-ring (bicyclic) bond motifs is 1. The normalized spacial score (nSPS) is 21.7. The van der Waals surface area contributed by atoms with Crippen molar-refractivity contribution < 1.29 is 18.0 Å². The molecule has 0 unspecified atom stereocenters. The highest BCUT2D eigenvalue weighted by molar-refractivity contribution is 7.92. The van der Waals surface area contributed by atoms with Crippen LogP contribution < -0.4 is 14.9 Å². The molecule has 184 valence electrons. The quantitative estimate of drug-likeness (QED) is 0.480. The van der Waals surface area contributed by atoms with Crippen LogP contribution in [-0.4, -0.2) is 49.6 Å². The first-order valence-electron chi connectivity index (χ1n) is 11.8. The molecule has 0 spiro atoms. The lowest BCUT2D eigenvalue weighted by Gasteiger charge is -2.28. The zero-order valence-electron chi connectivity index (χ0n) is 19.1. The average Bonchev–Trinajstić information content (AvgIpc) is 3.44. The number of nitrogens with zero attached hydrogens (tertiary/aromatic N) is 1. The number of sulfonamides is 1. The third kappa shape index (κ3) is 4.88. The molecular formula is C25H27ClN4O4S. The average molecular weight is 515 g/mol. The summed E-state index contributed by atoms with van der Waals surface area (Å²) in [5, 5.41) is 7.57. The lowest BCUT2D eigenvalue weighted by Crippen LogP contribution is -2.48. The number of amides is 2. The van der Waals surface area contributed by atoms with Gasteiger partial charge in [-0.2, -0.15) is 0 Å². The number of nitrogens with one attached hydrogen (secondary N) is 3. The van der Waals surface area contributed by atoms with Crippen LogP contribution >= 0.6 is 11.6 Å². The number of hydrogen-bond donors (Lipinski definition) is 3. The summed E-state index contributed by atoms with van der Waals surface area (Å²) in [6.45, 7) is 0.459. The van der Waals surface area contributed by atoms with Crippen LogP contribution in [-0.2, 0) is 10.0 Å². The smallest absolute Gasteiger partial charge is 0.251 e. The molecule has 2 fully saturated rings. The molecule has 2 amide bonds. The van der Waals surface area contributed by atoms with Gasteiger partial charge >= 0.3 is 0 Å². The van der Waals surface area contributed by atoms with Crippen molar-refractivity contribution in [1.82, 2.24) is 15.6 Å². The molecule has 1 saturated carbocycles. The molecule has 3 aromatic rings. The van der Waals surface area contributed by atoms with E-state index in [-0.39, 0.29) is 29.7 Å².